The van der Waals surface area contributed by atoms with Crippen LogP contribution < -0.4 is 11.1 Å². The number of carbonyl (C=O) groups is 1. The van der Waals surface area contributed by atoms with E-state index in [9.17, 15) is 4.79 Å². The number of nitrogens with two attached hydrogens (primary N) is 1. The number of carbonyl (C=O) groups excluding carboxylic acids is 1. The first-order valence-corrected chi connectivity index (χ1v) is 7.22. The molecule has 2 aromatic carbocycles. The lowest BCUT2D eigenvalue weighted by molar-refractivity contribution is 0.102. The molecule has 0 saturated heterocycles. The molecule has 0 aliphatic heterocycles. The molecule has 1 aromatic heterocycles. The van der Waals surface area contributed by atoms with Gasteiger partial charge in [0.2, 0.25) is 0 Å². The van der Waals surface area contributed by atoms with Gasteiger partial charge in [-0.1, -0.05) is 18.2 Å². The van der Waals surface area contributed by atoms with Crippen molar-refractivity contribution in [3.05, 3.63) is 53.3 Å². The van der Waals surface area contributed by atoms with E-state index in [0.29, 0.717) is 34.7 Å². The van der Waals surface area contributed by atoms with Gasteiger partial charge in [-0.05, 0) is 30.7 Å². The van der Waals surface area contributed by atoms with Gasteiger partial charge in [-0.3, -0.25) is 4.79 Å². The first-order valence-electron chi connectivity index (χ1n) is 7.22. The van der Waals surface area contributed by atoms with Gasteiger partial charge in [0.1, 0.15) is 17.9 Å². The fraction of sp³-hybridized carbons (Fsp3) is 0.176. The number of anilines is 2. The number of H-pyrrole nitrogens is 1. The number of methoxy groups -OCH3 is 1. The number of hydrogen-bond donors (Lipinski definition) is 3. The van der Waals surface area contributed by atoms with E-state index in [1.54, 1.807) is 19.2 Å². The summed E-state index contributed by atoms with van der Waals surface area (Å²) in [5.41, 5.74) is 9.89. The highest BCUT2D eigenvalue weighted by Gasteiger charge is 2.16. The maximum atomic E-state index is 12.6. The summed E-state index contributed by atoms with van der Waals surface area (Å²) in [4.78, 5) is 20.2. The molecule has 0 fully saturated rings. The van der Waals surface area contributed by atoms with E-state index < -0.39 is 0 Å². The number of para-hydroxylation sites is 1. The maximum Gasteiger partial charge on any atom is 0.258 e. The predicted octanol–water partition coefficient (Wildman–Crippen LogP) is 2.85. The average molecular weight is 310 g/mol. The first kappa shape index (κ1) is 15.1. The van der Waals surface area contributed by atoms with Crippen molar-refractivity contribution in [1.82, 2.24) is 9.97 Å². The SMILES string of the molecule is COCc1nc2c(C(=O)Nc3ccccc3C)cc(N)cc2[nH]1. The highest BCUT2D eigenvalue weighted by atomic mass is 16.5. The molecule has 0 spiro atoms. The normalized spacial score (nSPS) is 10.9. The number of nitrogens with zero attached hydrogens (tertiary/aromatic N) is 1. The monoisotopic (exact) mass is 310 g/mol. The molecule has 1 heterocycles. The molecule has 0 aliphatic rings. The topological polar surface area (TPSA) is 93.0 Å². The van der Waals surface area contributed by atoms with Gasteiger partial charge in [0.05, 0.1) is 11.1 Å². The number of rotatable bonds is 4. The minimum Gasteiger partial charge on any atom is -0.399 e. The van der Waals surface area contributed by atoms with Crippen LogP contribution in [-0.2, 0) is 11.3 Å². The van der Waals surface area contributed by atoms with E-state index in [4.69, 9.17) is 10.5 Å². The van der Waals surface area contributed by atoms with Gasteiger partial charge in [0.15, 0.2) is 0 Å². The molecule has 0 unspecified atom stereocenters. The van der Waals surface area contributed by atoms with Crippen molar-refractivity contribution < 1.29 is 9.53 Å². The van der Waals surface area contributed by atoms with Crippen molar-refractivity contribution in [1.29, 1.82) is 0 Å². The second-order valence-corrected chi connectivity index (χ2v) is 5.35. The van der Waals surface area contributed by atoms with E-state index in [1.165, 1.54) is 0 Å². The number of aromatic amines is 1. The van der Waals surface area contributed by atoms with Gasteiger partial charge < -0.3 is 20.8 Å². The quantitative estimate of drug-likeness (QED) is 0.646. The van der Waals surface area contributed by atoms with Crippen molar-refractivity contribution in [3.8, 4) is 0 Å². The number of nitrogen functional groups attached to an aromatic ring is 1. The highest BCUT2D eigenvalue weighted by Crippen LogP contribution is 2.23. The Kier molecular flexibility index (Phi) is 3.99. The number of imidazole rings is 1. The number of benzene rings is 2. The Balaban J connectivity index is 2.01. The molecule has 0 aliphatic carbocycles. The minimum atomic E-state index is -0.243. The molecule has 0 saturated carbocycles. The lowest BCUT2D eigenvalue weighted by atomic mass is 10.1. The van der Waals surface area contributed by atoms with Crippen LogP contribution in [0.4, 0.5) is 11.4 Å². The van der Waals surface area contributed by atoms with E-state index in [0.717, 1.165) is 11.3 Å². The summed E-state index contributed by atoms with van der Waals surface area (Å²) < 4.78 is 5.07. The molecule has 1 amide bonds. The zero-order valence-corrected chi connectivity index (χ0v) is 13.0. The summed E-state index contributed by atoms with van der Waals surface area (Å²) in [5.74, 6) is 0.408. The number of aryl methyl sites for hydroxylation is 1. The van der Waals surface area contributed by atoms with Gasteiger partial charge in [-0.15, -0.1) is 0 Å². The summed E-state index contributed by atoms with van der Waals surface area (Å²) in [6.07, 6.45) is 0. The Morgan fingerprint density at radius 1 is 1.35 bits per heavy atom. The molecular weight excluding hydrogens is 292 g/mol. The molecule has 0 bridgehead atoms. The molecule has 6 heteroatoms. The molecule has 3 aromatic rings. The van der Waals surface area contributed by atoms with Crippen LogP contribution in [0.25, 0.3) is 11.0 Å². The third kappa shape index (κ3) is 3.02. The summed E-state index contributed by atoms with van der Waals surface area (Å²) in [6, 6.07) is 11.0. The molecular formula is C17H18N4O2. The zero-order valence-electron chi connectivity index (χ0n) is 13.0. The van der Waals surface area contributed by atoms with Crippen LogP contribution in [0.2, 0.25) is 0 Å². The van der Waals surface area contributed by atoms with Crippen molar-refractivity contribution in [3.63, 3.8) is 0 Å². The van der Waals surface area contributed by atoms with E-state index in [2.05, 4.69) is 15.3 Å². The lowest BCUT2D eigenvalue weighted by Gasteiger charge is -2.09. The number of ether oxygens (including phenoxy) is 1. The van der Waals surface area contributed by atoms with Crippen molar-refractivity contribution in [2.24, 2.45) is 0 Å². The summed E-state index contributed by atoms with van der Waals surface area (Å²) in [5, 5.41) is 2.91. The van der Waals surface area contributed by atoms with Crippen molar-refractivity contribution in [2.45, 2.75) is 13.5 Å². The predicted molar refractivity (Wildman–Crippen MR) is 90.4 cm³/mol. The number of amides is 1. The van der Waals surface area contributed by atoms with Gasteiger partial charge in [-0.2, -0.15) is 0 Å². The summed E-state index contributed by atoms with van der Waals surface area (Å²) in [7, 11) is 1.59. The standard InChI is InChI=1S/C17H18N4O2/c1-10-5-3-4-6-13(10)20-17(22)12-7-11(18)8-14-16(12)21-15(19-14)9-23-2/h3-8H,9,18H2,1-2H3,(H,19,21)(H,20,22). The Morgan fingerprint density at radius 3 is 2.87 bits per heavy atom. The zero-order chi connectivity index (χ0) is 16.4. The fourth-order valence-corrected chi connectivity index (χ4v) is 2.47. The fourth-order valence-electron chi connectivity index (χ4n) is 2.47. The molecule has 3 rings (SSSR count). The first-order chi connectivity index (χ1) is 11.1. The minimum absolute atomic E-state index is 0.243. The Hall–Kier alpha value is -2.86. The third-order valence-corrected chi connectivity index (χ3v) is 3.58. The Labute approximate surface area is 133 Å². The van der Waals surface area contributed by atoms with Crippen LogP contribution in [0, 0.1) is 6.92 Å². The van der Waals surface area contributed by atoms with Gasteiger partial charge in [0.25, 0.3) is 5.91 Å². The van der Waals surface area contributed by atoms with Crippen LogP contribution >= 0.6 is 0 Å². The van der Waals surface area contributed by atoms with Crippen molar-refractivity contribution in [2.75, 3.05) is 18.2 Å². The molecule has 0 radical (unpaired) electrons. The number of hydrogen-bond acceptors (Lipinski definition) is 4. The van der Waals surface area contributed by atoms with E-state index >= 15 is 0 Å². The van der Waals surface area contributed by atoms with Gasteiger partial charge >= 0.3 is 0 Å². The maximum absolute atomic E-state index is 12.6. The molecule has 6 nitrogen and oxygen atoms in total. The third-order valence-electron chi connectivity index (χ3n) is 3.58. The van der Waals surface area contributed by atoms with Crippen molar-refractivity contribution >= 4 is 28.3 Å². The lowest BCUT2D eigenvalue weighted by Crippen LogP contribution is -2.13. The summed E-state index contributed by atoms with van der Waals surface area (Å²) >= 11 is 0. The van der Waals surface area contributed by atoms with Gasteiger partial charge in [-0.25, -0.2) is 4.98 Å². The average Bonchev–Trinajstić information content (AvgIpc) is 2.91. The Bertz CT molecular complexity index is 870. The smallest absolute Gasteiger partial charge is 0.258 e. The van der Waals surface area contributed by atoms with Crippen LogP contribution in [0.1, 0.15) is 21.7 Å². The Morgan fingerprint density at radius 2 is 2.13 bits per heavy atom. The van der Waals surface area contributed by atoms with Gasteiger partial charge in [0, 0.05) is 18.5 Å². The number of aromatic nitrogens is 2. The number of fused-ring (bicyclic) bond motifs is 1. The second-order valence-electron chi connectivity index (χ2n) is 5.35. The van der Waals surface area contributed by atoms with E-state index in [1.807, 2.05) is 31.2 Å². The molecule has 23 heavy (non-hydrogen) atoms. The van der Waals surface area contributed by atoms with Crippen LogP contribution in [0.15, 0.2) is 36.4 Å². The van der Waals surface area contributed by atoms with Crippen LogP contribution in [-0.4, -0.2) is 23.0 Å². The molecule has 4 N–H and O–H groups in total. The highest BCUT2D eigenvalue weighted by molar-refractivity contribution is 6.12. The van der Waals surface area contributed by atoms with Crippen LogP contribution in [0.5, 0.6) is 0 Å². The van der Waals surface area contributed by atoms with Crippen LogP contribution in [0.3, 0.4) is 0 Å². The number of nitrogens with one attached hydrogen (secondary N) is 2. The summed E-state index contributed by atoms with van der Waals surface area (Å²) in [6.45, 7) is 2.28. The largest absolute Gasteiger partial charge is 0.399 e. The second kappa shape index (κ2) is 6.10. The molecule has 118 valence electrons. The molecule has 0 atom stereocenters. The van der Waals surface area contributed by atoms with E-state index in [-0.39, 0.29) is 5.91 Å².